The molecule has 2 aromatic rings. The molecule has 0 aliphatic rings. The van der Waals surface area contributed by atoms with Crippen molar-refractivity contribution in [3.63, 3.8) is 0 Å². The molecule has 0 fully saturated rings. The van der Waals surface area contributed by atoms with Gasteiger partial charge in [-0.3, -0.25) is 0 Å². The molecule has 0 unspecified atom stereocenters. The lowest BCUT2D eigenvalue weighted by atomic mass is 10.2. The van der Waals surface area contributed by atoms with E-state index < -0.39 is 0 Å². The molecule has 15 heavy (non-hydrogen) atoms. The van der Waals surface area contributed by atoms with Crippen molar-refractivity contribution < 1.29 is 5.21 Å². The van der Waals surface area contributed by atoms with Gasteiger partial charge in [0.1, 0.15) is 5.15 Å². The molecule has 0 radical (unpaired) electrons. The Morgan fingerprint density at radius 1 is 1.47 bits per heavy atom. The van der Waals surface area contributed by atoms with Gasteiger partial charge in [0.25, 0.3) is 0 Å². The van der Waals surface area contributed by atoms with Crippen molar-refractivity contribution in [1.82, 2.24) is 4.57 Å². The van der Waals surface area contributed by atoms with Crippen molar-refractivity contribution in [3.05, 3.63) is 35.0 Å². The highest BCUT2D eigenvalue weighted by Crippen LogP contribution is 2.28. The summed E-state index contributed by atoms with van der Waals surface area (Å²) in [5, 5.41) is 13.2. The van der Waals surface area contributed by atoms with Gasteiger partial charge in [-0.25, -0.2) is 0 Å². The zero-order chi connectivity index (χ0) is 10.8. The molecule has 0 aliphatic heterocycles. The summed E-state index contributed by atoms with van der Waals surface area (Å²) in [5.74, 6) is 0. The summed E-state index contributed by atoms with van der Waals surface area (Å²) < 4.78 is 1.98. The minimum absolute atomic E-state index is 0.608. The van der Waals surface area contributed by atoms with Crippen LogP contribution in [0.1, 0.15) is 12.5 Å². The molecule has 1 N–H and O–H groups in total. The van der Waals surface area contributed by atoms with E-state index in [1.165, 1.54) is 6.21 Å². The maximum absolute atomic E-state index is 8.59. The number of nitrogens with zero attached hydrogens (tertiary/aromatic N) is 2. The van der Waals surface area contributed by atoms with Gasteiger partial charge >= 0.3 is 0 Å². The molecule has 1 aromatic heterocycles. The topological polar surface area (TPSA) is 37.5 Å². The molecule has 0 saturated carbocycles. The van der Waals surface area contributed by atoms with Gasteiger partial charge in [-0.15, -0.1) is 0 Å². The molecule has 1 aromatic carbocycles. The van der Waals surface area contributed by atoms with Crippen LogP contribution in [0.2, 0.25) is 5.15 Å². The smallest absolute Gasteiger partial charge is 0.118 e. The number of aryl methyl sites for hydroxylation is 1. The van der Waals surface area contributed by atoms with Gasteiger partial charge in [0.2, 0.25) is 0 Å². The first-order valence-corrected chi connectivity index (χ1v) is 5.11. The molecule has 0 saturated heterocycles. The number of oxime groups is 1. The fourth-order valence-corrected chi connectivity index (χ4v) is 2.15. The molecule has 78 valence electrons. The van der Waals surface area contributed by atoms with E-state index in [0.29, 0.717) is 5.15 Å². The van der Waals surface area contributed by atoms with Crippen LogP contribution in [0, 0.1) is 0 Å². The zero-order valence-corrected chi connectivity index (χ0v) is 9.07. The Bertz CT molecular complexity index is 517. The van der Waals surface area contributed by atoms with Crippen LogP contribution in [0.3, 0.4) is 0 Å². The maximum Gasteiger partial charge on any atom is 0.118 e. The Morgan fingerprint density at radius 3 is 2.87 bits per heavy atom. The Labute approximate surface area is 92.6 Å². The predicted octanol–water partition coefficient (Wildman–Crippen LogP) is 3.12. The number of hydrogen-bond donors (Lipinski definition) is 1. The quantitative estimate of drug-likeness (QED) is 0.473. The minimum atomic E-state index is 0.608. The van der Waals surface area contributed by atoms with E-state index >= 15 is 0 Å². The molecule has 0 amide bonds. The van der Waals surface area contributed by atoms with Crippen LogP contribution in [-0.4, -0.2) is 16.0 Å². The third kappa shape index (κ3) is 1.49. The first-order chi connectivity index (χ1) is 7.29. The number of aromatic nitrogens is 1. The molecule has 0 bridgehead atoms. The van der Waals surface area contributed by atoms with Crippen LogP contribution >= 0.6 is 11.6 Å². The number of hydrogen-bond acceptors (Lipinski definition) is 2. The zero-order valence-electron chi connectivity index (χ0n) is 8.31. The van der Waals surface area contributed by atoms with E-state index in [9.17, 15) is 0 Å². The van der Waals surface area contributed by atoms with Gasteiger partial charge in [0, 0.05) is 23.0 Å². The van der Waals surface area contributed by atoms with Crippen molar-refractivity contribution >= 4 is 28.7 Å². The fourth-order valence-electron chi connectivity index (χ4n) is 1.79. The summed E-state index contributed by atoms with van der Waals surface area (Å²) in [4.78, 5) is 0. The molecule has 0 atom stereocenters. The van der Waals surface area contributed by atoms with Gasteiger partial charge in [0.05, 0.1) is 6.21 Å². The SMILES string of the molecule is CCn1c(Cl)c(/C=N\O)c2ccccc21. The Kier molecular flexibility index (Phi) is 2.64. The lowest BCUT2D eigenvalue weighted by Gasteiger charge is -2.01. The van der Waals surface area contributed by atoms with Crippen molar-refractivity contribution in [2.45, 2.75) is 13.5 Å². The highest BCUT2D eigenvalue weighted by atomic mass is 35.5. The highest BCUT2D eigenvalue weighted by Gasteiger charge is 2.12. The first-order valence-electron chi connectivity index (χ1n) is 4.73. The van der Waals surface area contributed by atoms with Crippen LogP contribution in [0.25, 0.3) is 10.9 Å². The summed E-state index contributed by atoms with van der Waals surface area (Å²) in [6, 6.07) is 7.86. The number of fused-ring (bicyclic) bond motifs is 1. The molecule has 0 spiro atoms. The largest absolute Gasteiger partial charge is 0.411 e. The average molecular weight is 223 g/mol. The van der Waals surface area contributed by atoms with Gasteiger partial charge < -0.3 is 9.77 Å². The van der Waals surface area contributed by atoms with E-state index in [4.69, 9.17) is 16.8 Å². The lowest BCUT2D eigenvalue weighted by molar-refractivity contribution is 0.322. The van der Waals surface area contributed by atoms with Gasteiger partial charge in [-0.2, -0.15) is 0 Å². The van der Waals surface area contributed by atoms with E-state index in [0.717, 1.165) is 23.0 Å². The predicted molar refractivity (Wildman–Crippen MR) is 62.0 cm³/mol. The monoisotopic (exact) mass is 222 g/mol. The normalized spacial score (nSPS) is 11.6. The van der Waals surface area contributed by atoms with Crippen LogP contribution in [0.15, 0.2) is 29.4 Å². The maximum atomic E-state index is 8.59. The van der Waals surface area contributed by atoms with Crippen molar-refractivity contribution in [3.8, 4) is 0 Å². The number of halogens is 1. The van der Waals surface area contributed by atoms with E-state index in [-0.39, 0.29) is 0 Å². The van der Waals surface area contributed by atoms with Gasteiger partial charge in [0.15, 0.2) is 0 Å². The molecule has 3 nitrogen and oxygen atoms in total. The van der Waals surface area contributed by atoms with Crippen molar-refractivity contribution in [1.29, 1.82) is 0 Å². The van der Waals surface area contributed by atoms with Crippen molar-refractivity contribution in [2.75, 3.05) is 0 Å². The highest BCUT2D eigenvalue weighted by molar-refractivity contribution is 6.34. The fraction of sp³-hybridized carbons (Fsp3) is 0.182. The molecule has 1 heterocycles. The molecule has 0 aliphatic carbocycles. The molecule has 2 rings (SSSR count). The van der Waals surface area contributed by atoms with Crippen LogP contribution in [0.4, 0.5) is 0 Å². The summed E-state index contributed by atoms with van der Waals surface area (Å²) in [6.07, 6.45) is 1.37. The second-order valence-corrected chi connectivity index (χ2v) is 3.57. The molecule has 4 heteroatoms. The standard InChI is InChI=1S/C11H11ClN2O/c1-2-14-10-6-4-3-5-8(10)9(7-13-15)11(14)12/h3-7,15H,2H2,1H3/b13-7-. The van der Waals surface area contributed by atoms with Gasteiger partial charge in [-0.05, 0) is 13.0 Å². The second kappa shape index (κ2) is 3.95. The summed E-state index contributed by atoms with van der Waals surface area (Å²) in [6.45, 7) is 2.82. The van der Waals surface area contributed by atoms with E-state index in [2.05, 4.69) is 5.16 Å². The Morgan fingerprint density at radius 2 is 2.20 bits per heavy atom. The summed E-state index contributed by atoms with van der Waals surface area (Å²) in [7, 11) is 0. The minimum Gasteiger partial charge on any atom is -0.411 e. The Hall–Kier alpha value is -1.48. The van der Waals surface area contributed by atoms with Crippen LogP contribution in [0.5, 0.6) is 0 Å². The lowest BCUT2D eigenvalue weighted by Crippen LogP contribution is -1.93. The third-order valence-corrected chi connectivity index (χ3v) is 2.85. The number of para-hydroxylation sites is 1. The van der Waals surface area contributed by atoms with Crippen molar-refractivity contribution in [2.24, 2.45) is 5.16 Å². The number of rotatable bonds is 2. The first kappa shape index (κ1) is 10.1. The molecular weight excluding hydrogens is 212 g/mol. The molecular formula is C11H11ClN2O. The van der Waals surface area contributed by atoms with E-state index in [1.54, 1.807) is 0 Å². The Balaban J connectivity index is 2.84. The van der Waals surface area contributed by atoms with Crippen LogP contribution in [-0.2, 0) is 6.54 Å². The average Bonchev–Trinajstić information content (AvgIpc) is 2.53. The second-order valence-electron chi connectivity index (χ2n) is 3.21. The van der Waals surface area contributed by atoms with Crippen LogP contribution < -0.4 is 0 Å². The van der Waals surface area contributed by atoms with E-state index in [1.807, 2.05) is 35.8 Å². The summed E-state index contributed by atoms with van der Waals surface area (Å²) >= 11 is 6.19. The summed E-state index contributed by atoms with van der Waals surface area (Å²) in [5.41, 5.74) is 1.82. The third-order valence-electron chi connectivity index (χ3n) is 2.45. The van der Waals surface area contributed by atoms with Gasteiger partial charge in [-0.1, -0.05) is 35.0 Å². The number of benzene rings is 1.